The van der Waals surface area contributed by atoms with E-state index in [1.165, 1.54) is 19.1 Å². The van der Waals surface area contributed by atoms with Gasteiger partial charge >= 0.3 is 6.03 Å². The highest BCUT2D eigenvalue weighted by atomic mass is 32.2. The van der Waals surface area contributed by atoms with E-state index in [9.17, 15) is 13.6 Å². The van der Waals surface area contributed by atoms with E-state index in [2.05, 4.69) is 12.2 Å². The lowest BCUT2D eigenvalue weighted by Gasteiger charge is -2.39. The fourth-order valence-electron chi connectivity index (χ4n) is 3.84. The first-order chi connectivity index (χ1) is 13.4. The highest BCUT2D eigenvalue weighted by molar-refractivity contribution is 8.04. The van der Waals surface area contributed by atoms with Crippen molar-refractivity contribution in [2.75, 3.05) is 39.3 Å². The third-order valence-electron chi connectivity index (χ3n) is 5.17. The van der Waals surface area contributed by atoms with Gasteiger partial charge in [0.25, 0.3) is 0 Å². The number of nitrogens with one attached hydrogen (secondary N) is 1. The Labute approximate surface area is 166 Å². The first kappa shape index (κ1) is 18.9. The molecule has 9 heteroatoms. The quantitative estimate of drug-likeness (QED) is 0.829. The van der Waals surface area contributed by atoms with Crippen molar-refractivity contribution >= 4 is 23.5 Å². The number of hydrogen-bond acceptors (Lipinski definition) is 5. The highest BCUT2D eigenvalue weighted by Gasteiger charge is 2.40. The number of hydrogen-bond donors (Lipinski definition) is 1. The second kappa shape index (κ2) is 6.88. The molecule has 1 atom stereocenters. The normalized spacial score (nSPS) is 21.6. The van der Waals surface area contributed by atoms with Gasteiger partial charge in [0.15, 0.2) is 23.1 Å². The summed E-state index contributed by atoms with van der Waals surface area (Å²) in [5, 5.41) is 3.81. The summed E-state index contributed by atoms with van der Waals surface area (Å²) < 4.78 is 39.9. The van der Waals surface area contributed by atoms with Crippen LogP contribution < -0.4 is 19.7 Å². The third-order valence-corrected chi connectivity index (χ3v) is 6.42. The molecular formula is C19H21F2N3O3S. The maximum Gasteiger partial charge on any atom is 0.329 e. The molecule has 0 saturated carbocycles. The minimum absolute atomic E-state index is 0.0847. The van der Waals surface area contributed by atoms with Crippen LogP contribution in [-0.2, 0) is 0 Å². The van der Waals surface area contributed by atoms with Crippen molar-refractivity contribution < 1.29 is 23.0 Å². The Morgan fingerprint density at radius 2 is 1.86 bits per heavy atom. The monoisotopic (exact) mass is 409 g/mol. The van der Waals surface area contributed by atoms with Gasteiger partial charge in [-0.3, -0.25) is 9.80 Å². The highest BCUT2D eigenvalue weighted by Crippen LogP contribution is 2.46. The molecule has 28 heavy (non-hydrogen) atoms. The smallest absolute Gasteiger partial charge is 0.329 e. The number of likely N-dealkylation sites (N-methyl/N-ethyl adjacent to an activating group) is 1. The van der Waals surface area contributed by atoms with Gasteiger partial charge in [0.2, 0.25) is 0 Å². The van der Waals surface area contributed by atoms with E-state index in [-0.39, 0.29) is 18.0 Å². The molecule has 0 saturated heterocycles. The Bertz CT molecular complexity index is 903. The third kappa shape index (κ3) is 2.71. The van der Waals surface area contributed by atoms with Gasteiger partial charge in [0.05, 0.1) is 31.4 Å². The number of ether oxygens (including phenoxy) is 2. The van der Waals surface area contributed by atoms with Gasteiger partial charge in [0, 0.05) is 37.0 Å². The summed E-state index contributed by atoms with van der Waals surface area (Å²) in [5.41, 5.74) is 2.42. The summed E-state index contributed by atoms with van der Waals surface area (Å²) in [7, 11) is 4.19. The molecule has 150 valence electrons. The van der Waals surface area contributed by atoms with Crippen molar-refractivity contribution in [1.29, 1.82) is 0 Å². The van der Waals surface area contributed by atoms with Crippen LogP contribution >= 0.6 is 11.8 Å². The lowest BCUT2D eigenvalue weighted by Crippen LogP contribution is -2.50. The average Bonchev–Trinajstić information content (AvgIpc) is 3.05. The number of benzene rings is 1. The van der Waals surface area contributed by atoms with Crippen LogP contribution in [0.1, 0.15) is 13.3 Å². The molecule has 4 rings (SSSR count). The number of carbonyl (C=O) groups is 1. The zero-order valence-corrected chi connectivity index (χ0v) is 16.9. The molecule has 6 nitrogen and oxygen atoms in total. The largest absolute Gasteiger partial charge is 0.493 e. The van der Waals surface area contributed by atoms with E-state index >= 15 is 0 Å². The number of methoxy groups -OCH3 is 2. The molecule has 0 fully saturated rings. The van der Waals surface area contributed by atoms with Gasteiger partial charge in [-0.05, 0) is 5.57 Å². The van der Waals surface area contributed by atoms with E-state index in [1.807, 2.05) is 0 Å². The molecule has 0 aromatic heterocycles. The van der Waals surface area contributed by atoms with Gasteiger partial charge in [-0.15, -0.1) is 11.8 Å². The van der Waals surface area contributed by atoms with Crippen molar-refractivity contribution in [3.63, 3.8) is 0 Å². The van der Waals surface area contributed by atoms with Crippen molar-refractivity contribution in [1.82, 2.24) is 10.2 Å². The molecule has 1 N–H and O–H groups in total. The van der Waals surface area contributed by atoms with Crippen molar-refractivity contribution in [3.05, 3.63) is 39.6 Å². The fourth-order valence-corrected chi connectivity index (χ4v) is 5.19. The minimum atomic E-state index is -0.931. The number of nitrogens with zero attached hydrogens (tertiary/aromatic N) is 2. The summed E-state index contributed by atoms with van der Waals surface area (Å²) in [6.45, 7) is 2.75. The molecule has 0 aliphatic carbocycles. The maximum absolute atomic E-state index is 14.9. The first-order valence-corrected chi connectivity index (χ1v) is 9.76. The number of amides is 2. The van der Waals surface area contributed by atoms with Crippen molar-refractivity contribution in [3.8, 4) is 11.5 Å². The van der Waals surface area contributed by atoms with E-state index in [0.717, 1.165) is 39.3 Å². The number of halogens is 2. The predicted octanol–water partition coefficient (Wildman–Crippen LogP) is 3.45. The van der Waals surface area contributed by atoms with Gasteiger partial charge in [0.1, 0.15) is 5.69 Å². The van der Waals surface area contributed by atoms with Gasteiger partial charge in [-0.25, -0.2) is 13.6 Å². The van der Waals surface area contributed by atoms with Gasteiger partial charge < -0.3 is 14.8 Å². The molecule has 0 bridgehead atoms. The number of dihydropyridines is 1. The number of fused-ring (bicyclic) bond motifs is 1. The summed E-state index contributed by atoms with van der Waals surface area (Å²) >= 11 is 1.72. The van der Waals surface area contributed by atoms with Gasteiger partial charge in [-0.1, -0.05) is 6.92 Å². The predicted molar refractivity (Wildman–Crippen MR) is 104 cm³/mol. The van der Waals surface area contributed by atoms with Crippen LogP contribution in [0.2, 0.25) is 0 Å². The second-order valence-electron chi connectivity index (χ2n) is 6.93. The summed E-state index contributed by atoms with van der Waals surface area (Å²) in [4.78, 5) is 16.7. The summed E-state index contributed by atoms with van der Waals surface area (Å²) in [5.74, 6) is -2.23. The number of allylic oxidation sites excluding steroid dienone is 1. The number of rotatable bonds is 3. The SMILES string of the molecule is COc1cc(OC)c(F)c(N2CC3=C(C4=C(CC(C)S4)NC3)N(C)C2=O)c1F. The number of urea groups is 1. The Hall–Kier alpha value is -2.42. The molecular weight excluding hydrogens is 388 g/mol. The van der Waals surface area contributed by atoms with Crippen LogP contribution in [0.4, 0.5) is 19.3 Å². The molecule has 1 aromatic carbocycles. The van der Waals surface area contributed by atoms with Crippen LogP contribution in [-0.4, -0.2) is 50.5 Å². The molecule has 3 aliphatic heterocycles. The lowest BCUT2D eigenvalue weighted by atomic mass is 10.0. The van der Waals surface area contributed by atoms with E-state index < -0.39 is 23.4 Å². The summed E-state index contributed by atoms with van der Waals surface area (Å²) in [6.07, 6.45) is 0.916. The molecule has 0 spiro atoms. The molecule has 2 amide bonds. The zero-order chi connectivity index (χ0) is 20.2. The molecule has 1 aromatic rings. The Kier molecular flexibility index (Phi) is 4.65. The van der Waals surface area contributed by atoms with E-state index in [1.54, 1.807) is 18.8 Å². The summed E-state index contributed by atoms with van der Waals surface area (Å²) in [6, 6.07) is 0.632. The molecule has 3 aliphatic rings. The maximum atomic E-state index is 14.9. The van der Waals surface area contributed by atoms with Crippen molar-refractivity contribution in [2.24, 2.45) is 0 Å². The van der Waals surface area contributed by atoms with Crippen LogP contribution in [0.15, 0.2) is 27.9 Å². The zero-order valence-electron chi connectivity index (χ0n) is 16.1. The number of thioether (sulfide) groups is 1. The Morgan fingerprint density at radius 1 is 1.21 bits per heavy atom. The van der Waals surface area contributed by atoms with Crippen molar-refractivity contribution in [2.45, 2.75) is 18.6 Å². The molecule has 1 unspecified atom stereocenters. The van der Waals surface area contributed by atoms with Crippen LogP contribution in [0.3, 0.4) is 0 Å². The van der Waals surface area contributed by atoms with Crippen LogP contribution in [0.5, 0.6) is 11.5 Å². The van der Waals surface area contributed by atoms with Gasteiger partial charge in [-0.2, -0.15) is 0 Å². The van der Waals surface area contributed by atoms with E-state index in [0.29, 0.717) is 11.8 Å². The average molecular weight is 409 g/mol. The second-order valence-corrected chi connectivity index (χ2v) is 8.38. The molecule has 0 radical (unpaired) electrons. The Morgan fingerprint density at radius 3 is 2.46 bits per heavy atom. The first-order valence-electron chi connectivity index (χ1n) is 8.88. The van der Waals surface area contributed by atoms with Crippen LogP contribution in [0.25, 0.3) is 0 Å². The number of anilines is 1. The lowest BCUT2D eigenvalue weighted by molar-refractivity contribution is 0.222. The van der Waals surface area contributed by atoms with E-state index in [4.69, 9.17) is 9.47 Å². The van der Waals surface area contributed by atoms with Crippen LogP contribution in [0, 0.1) is 11.6 Å². The minimum Gasteiger partial charge on any atom is -0.493 e. The Balaban J connectivity index is 1.81. The standard InChI is InChI=1S/C19H21F2N3O3S/c1-9-5-11-18(28-9)16-10(7-22-11)8-24(19(25)23(16)2)17-14(20)12(26-3)6-13(27-4)15(17)21/h6,9,22H,5,7-8H2,1-4H3. The topological polar surface area (TPSA) is 54.0 Å². The number of carbonyl (C=O) groups excluding carboxylic acids is 1. The molecule has 3 heterocycles. The fraction of sp³-hybridized carbons (Fsp3) is 0.421.